The van der Waals surface area contributed by atoms with E-state index in [-0.39, 0.29) is 24.3 Å². The minimum Gasteiger partial charge on any atom is -0.508 e. The summed E-state index contributed by atoms with van der Waals surface area (Å²) in [6.07, 6.45) is 0.333. The first-order valence-electron chi connectivity index (χ1n) is 7.67. The van der Waals surface area contributed by atoms with Crippen LogP contribution in [0.5, 0.6) is 11.5 Å². The van der Waals surface area contributed by atoms with Crippen LogP contribution in [0.1, 0.15) is 11.1 Å². The van der Waals surface area contributed by atoms with Crippen molar-refractivity contribution in [2.75, 3.05) is 0 Å². The molecule has 0 aliphatic carbocycles. The summed E-state index contributed by atoms with van der Waals surface area (Å²) in [7, 11) is 0. The first-order chi connectivity index (χ1) is 11.8. The first-order valence-corrected chi connectivity index (χ1v) is 7.67. The fourth-order valence-electron chi connectivity index (χ4n) is 2.19. The first kappa shape index (κ1) is 18.4. The van der Waals surface area contributed by atoms with E-state index in [1.807, 2.05) is 0 Å². The number of carbonyl (C=O) groups excluding carboxylic acids is 2. The Balaban J connectivity index is 1.86. The largest absolute Gasteiger partial charge is 0.508 e. The number of nitrogens with two attached hydrogens (primary N) is 2. The molecule has 0 aliphatic heterocycles. The van der Waals surface area contributed by atoms with Gasteiger partial charge in [0.1, 0.15) is 23.6 Å². The average molecular weight is 344 g/mol. The Kier molecular flexibility index (Phi) is 6.10. The molecule has 0 aliphatic rings. The van der Waals surface area contributed by atoms with E-state index in [4.69, 9.17) is 16.2 Å². The summed E-state index contributed by atoms with van der Waals surface area (Å²) in [5, 5.41) is 18.4. The third-order valence-electron chi connectivity index (χ3n) is 3.59. The van der Waals surface area contributed by atoms with Crippen molar-refractivity contribution >= 4 is 11.9 Å². The molecular weight excluding hydrogens is 324 g/mol. The van der Waals surface area contributed by atoms with Crippen LogP contribution >= 0.6 is 0 Å². The van der Waals surface area contributed by atoms with Gasteiger partial charge in [-0.1, -0.05) is 24.3 Å². The van der Waals surface area contributed by atoms with Gasteiger partial charge < -0.3 is 26.4 Å². The minimum atomic E-state index is -1.02. The zero-order chi connectivity index (χ0) is 18.4. The number of esters is 2. The second kappa shape index (κ2) is 8.27. The highest BCUT2D eigenvalue weighted by atomic mass is 16.6. The summed E-state index contributed by atoms with van der Waals surface area (Å²) >= 11 is 0. The quantitative estimate of drug-likeness (QED) is 0.445. The summed E-state index contributed by atoms with van der Waals surface area (Å²) in [6, 6.07) is 10.4. The van der Waals surface area contributed by atoms with Gasteiger partial charge in [0.05, 0.1) is 0 Å². The molecule has 0 bridgehead atoms. The molecule has 0 saturated carbocycles. The lowest BCUT2D eigenvalue weighted by Gasteiger charge is -2.14. The van der Waals surface area contributed by atoms with E-state index in [9.17, 15) is 19.8 Å². The third-order valence-corrected chi connectivity index (χ3v) is 3.59. The Morgan fingerprint density at radius 2 is 1.08 bits per heavy atom. The predicted octanol–water partition coefficient (Wildman–Crippen LogP) is 0.607. The molecule has 0 saturated heterocycles. The number of ether oxygens (including phenoxy) is 1. The Morgan fingerprint density at radius 3 is 1.40 bits per heavy atom. The van der Waals surface area contributed by atoms with Gasteiger partial charge in [0.25, 0.3) is 0 Å². The van der Waals surface area contributed by atoms with Gasteiger partial charge in [-0.3, -0.25) is 0 Å². The summed E-state index contributed by atoms with van der Waals surface area (Å²) in [5.41, 5.74) is 12.9. The van der Waals surface area contributed by atoms with E-state index >= 15 is 0 Å². The highest BCUT2D eigenvalue weighted by Gasteiger charge is 2.23. The molecule has 2 atom stereocenters. The maximum Gasteiger partial charge on any atom is 0.330 e. The number of rotatable bonds is 6. The molecule has 2 aromatic carbocycles. The fourth-order valence-corrected chi connectivity index (χ4v) is 2.19. The van der Waals surface area contributed by atoms with Crippen LogP contribution in [0, 0.1) is 0 Å². The van der Waals surface area contributed by atoms with Crippen LogP contribution in [0.3, 0.4) is 0 Å². The molecule has 0 fully saturated rings. The second-order valence-electron chi connectivity index (χ2n) is 5.69. The van der Waals surface area contributed by atoms with Crippen molar-refractivity contribution in [1.29, 1.82) is 0 Å². The number of phenolic OH excluding ortho intramolecular Hbond substituents is 2. The molecule has 0 spiro atoms. The van der Waals surface area contributed by atoms with Crippen molar-refractivity contribution in [3.8, 4) is 11.5 Å². The summed E-state index contributed by atoms with van der Waals surface area (Å²) in [5.74, 6) is -1.51. The second-order valence-corrected chi connectivity index (χ2v) is 5.69. The normalized spacial score (nSPS) is 13.0. The van der Waals surface area contributed by atoms with E-state index in [1.54, 1.807) is 24.3 Å². The molecule has 7 nitrogen and oxygen atoms in total. The standard InChI is InChI=1S/C18H20N2O5/c19-15(9-11-1-5-13(21)6-2-11)17(23)25-18(24)16(20)10-12-3-7-14(22)8-4-12/h1-8,15-16,21-22H,9-10,19-20H2. The van der Waals surface area contributed by atoms with Crippen LogP contribution < -0.4 is 11.5 Å². The number of hydrogen-bond acceptors (Lipinski definition) is 7. The smallest absolute Gasteiger partial charge is 0.330 e. The van der Waals surface area contributed by atoms with E-state index in [0.29, 0.717) is 0 Å². The lowest BCUT2D eigenvalue weighted by atomic mass is 10.1. The lowest BCUT2D eigenvalue weighted by molar-refractivity contribution is -0.161. The fraction of sp³-hybridized carbons (Fsp3) is 0.222. The van der Waals surface area contributed by atoms with E-state index < -0.39 is 24.0 Å². The minimum absolute atomic E-state index is 0.107. The number of carbonyl (C=O) groups is 2. The van der Waals surface area contributed by atoms with Gasteiger partial charge in [0, 0.05) is 0 Å². The van der Waals surface area contributed by atoms with Crippen LogP contribution in [0.4, 0.5) is 0 Å². The highest BCUT2D eigenvalue weighted by Crippen LogP contribution is 2.13. The number of phenols is 2. The maximum atomic E-state index is 11.9. The molecule has 2 rings (SSSR count). The van der Waals surface area contributed by atoms with Gasteiger partial charge in [0.2, 0.25) is 0 Å². The summed E-state index contributed by atoms with van der Waals surface area (Å²) in [4.78, 5) is 23.8. The Morgan fingerprint density at radius 1 is 0.760 bits per heavy atom. The van der Waals surface area contributed by atoms with Gasteiger partial charge >= 0.3 is 11.9 Å². The lowest BCUT2D eigenvalue weighted by Crippen LogP contribution is -2.41. The van der Waals surface area contributed by atoms with Crippen LogP contribution in [-0.2, 0) is 27.2 Å². The van der Waals surface area contributed by atoms with Crippen molar-refractivity contribution in [3.63, 3.8) is 0 Å². The molecule has 0 heterocycles. The van der Waals surface area contributed by atoms with Gasteiger partial charge in [-0.15, -0.1) is 0 Å². The molecule has 7 heteroatoms. The van der Waals surface area contributed by atoms with Crippen molar-refractivity contribution in [3.05, 3.63) is 59.7 Å². The molecule has 2 unspecified atom stereocenters. The molecule has 0 radical (unpaired) electrons. The Hall–Kier alpha value is -2.90. The van der Waals surface area contributed by atoms with E-state index in [2.05, 4.69) is 0 Å². The van der Waals surface area contributed by atoms with Crippen molar-refractivity contribution in [2.45, 2.75) is 24.9 Å². The monoisotopic (exact) mass is 344 g/mol. The van der Waals surface area contributed by atoms with E-state index in [0.717, 1.165) is 11.1 Å². The number of benzene rings is 2. The van der Waals surface area contributed by atoms with Crippen molar-refractivity contribution in [1.82, 2.24) is 0 Å². The zero-order valence-corrected chi connectivity index (χ0v) is 13.5. The molecule has 6 N–H and O–H groups in total. The van der Waals surface area contributed by atoms with Crippen LogP contribution in [-0.4, -0.2) is 34.2 Å². The van der Waals surface area contributed by atoms with Crippen LogP contribution in [0.15, 0.2) is 48.5 Å². The van der Waals surface area contributed by atoms with Gasteiger partial charge in [-0.25, -0.2) is 9.59 Å². The summed E-state index contributed by atoms with van der Waals surface area (Å²) in [6.45, 7) is 0. The van der Waals surface area contributed by atoms with E-state index in [1.165, 1.54) is 24.3 Å². The van der Waals surface area contributed by atoms with Crippen molar-refractivity contribution in [2.24, 2.45) is 11.5 Å². The molecule has 25 heavy (non-hydrogen) atoms. The van der Waals surface area contributed by atoms with Crippen LogP contribution in [0.2, 0.25) is 0 Å². The molecule has 0 amide bonds. The molecule has 0 aromatic heterocycles. The Bertz CT molecular complexity index is 665. The molecule has 2 aromatic rings. The zero-order valence-electron chi connectivity index (χ0n) is 13.5. The topological polar surface area (TPSA) is 136 Å². The SMILES string of the molecule is NC(Cc1ccc(O)cc1)C(=O)OC(=O)C(N)Cc1ccc(O)cc1. The average Bonchev–Trinajstić information content (AvgIpc) is 2.58. The number of aromatic hydroxyl groups is 2. The maximum absolute atomic E-state index is 11.9. The predicted molar refractivity (Wildman–Crippen MR) is 90.7 cm³/mol. The Labute approximate surface area is 144 Å². The summed E-state index contributed by atoms with van der Waals surface area (Å²) < 4.78 is 4.74. The molecular formula is C18H20N2O5. The van der Waals surface area contributed by atoms with Gasteiger partial charge in [-0.05, 0) is 48.2 Å². The van der Waals surface area contributed by atoms with Crippen LogP contribution in [0.25, 0.3) is 0 Å². The van der Waals surface area contributed by atoms with Gasteiger partial charge in [0.15, 0.2) is 0 Å². The third kappa shape index (κ3) is 5.59. The molecule has 132 valence electrons. The van der Waals surface area contributed by atoms with Gasteiger partial charge in [-0.2, -0.15) is 0 Å². The van der Waals surface area contributed by atoms with Crippen molar-refractivity contribution < 1.29 is 24.5 Å². The highest BCUT2D eigenvalue weighted by molar-refractivity contribution is 5.90. The number of hydrogen-bond donors (Lipinski definition) is 4.